The van der Waals surface area contributed by atoms with Gasteiger partial charge in [-0.2, -0.15) is 0 Å². The zero-order valence-corrected chi connectivity index (χ0v) is 15.4. The first kappa shape index (κ1) is 18.4. The minimum absolute atomic E-state index is 0.179. The number of carbonyl (C=O) groups is 1. The Morgan fingerprint density at radius 2 is 2.13 bits per heavy atom. The molecule has 9 heteroatoms. The van der Waals surface area contributed by atoms with Gasteiger partial charge in [-0.15, -0.1) is 5.10 Å². The molecule has 0 saturated heterocycles. The van der Waals surface area contributed by atoms with Gasteiger partial charge >= 0.3 is 0 Å². The number of hydrogen-bond acceptors (Lipinski definition) is 5. The molecule has 0 unspecified atom stereocenters. The first-order chi connectivity index (χ1) is 11.0. The topological polar surface area (TPSA) is 58.1 Å². The molecule has 1 aromatic carbocycles. The van der Waals surface area contributed by atoms with Crippen LogP contribution in [0.1, 0.15) is 19.0 Å². The Labute approximate surface area is 153 Å². The molecule has 0 saturated carbocycles. The van der Waals surface area contributed by atoms with Crippen LogP contribution in [-0.4, -0.2) is 33.5 Å². The summed E-state index contributed by atoms with van der Waals surface area (Å²) < 4.78 is 4.35. The molecule has 0 aliphatic heterocycles. The van der Waals surface area contributed by atoms with Crippen LogP contribution in [0.2, 0.25) is 14.4 Å². The summed E-state index contributed by atoms with van der Waals surface area (Å²) in [6.07, 6.45) is 0.903. The van der Waals surface area contributed by atoms with Gasteiger partial charge in [-0.05, 0) is 31.2 Å². The van der Waals surface area contributed by atoms with E-state index in [0.29, 0.717) is 32.3 Å². The standard InChI is InChI=1S/C14H15Cl3N4OS/c1-2-5-21(7-12-14(17)23-20-19-12)8-13(22)18-11-6-9(15)3-4-10(11)16/h3-4,6H,2,5,7-8H2,1H3,(H,18,22). The van der Waals surface area contributed by atoms with Crippen LogP contribution < -0.4 is 5.32 Å². The third-order valence-electron chi connectivity index (χ3n) is 2.99. The third-order valence-corrected chi connectivity index (χ3v) is 4.54. The normalized spacial score (nSPS) is 11.0. The summed E-state index contributed by atoms with van der Waals surface area (Å²) in [5, 5.41) is 7.70. The van der Waals surface area contributed by atoms with Gasteiger partial charge in [-0.1, -0.05) is 46.2 Å². The number of nitrogens with one attached hydrogen (secondary N) is 1. The molecule has 124 valence electrons. The first-order valence-electron chi connectivity index (χ1n) is 6.93. The lowest BCUT2D eigenvalue weighted by Gasteiger charge is -2.20. The van der Waals surface area contributed by atoms with E-state index in [1.54, 1.807) is 18.2 Å². The van der Waals surface area contributed by atoms with Gasteiger partial charge in [-0.25, -0.2) is 0 Å². The monoisotopic (exact) mass is 392 g/mol. The molecule has 0 fully saturated rings. The lowest BCUT2D eigenvalue weighted by Crippen LogP contribution is -2.33. The summed E-state index contributed by atoms with van der Waals surface area (Å²) >= 11 is 19.1. The molecule has 0 bridgehead atoms. The Morgan fingerprint density at radius 1 is 1.35 bits per heavy atom. The van der Waals surface area contributed by atoms with Crippen LogP contribution in [0.15, 0.2) is 18.2 Å². The number of nitrogens with zero attached hydrogens (tertiary/aromatic N) is 3. The highest BCUT2D eigenvalue weighted by Crippen LogP contribution is 2.25. The van der Waals surface area contributed by atoms with Gasteiger partial charge in [0.1, 0.15) is 10.0 Å². The van der Waals surface area contributed by atoms with E-state index in [2.05, 4.69) is 14.9 Å². The van der Waals surface area contributed by atoms with Crippen molar-refractivity contribution in [2.75, 3.05) is 18.4 Å². The average Bonchev–Trinajstić information content (AvgIpc) is 2.88. The van der Waals surface area contributed by atoms with Crippen LogP contribution in [0.4, 0.5) is 5.69 Å². The number of rotatable bonds is 7. The first-order valence-corrected chi connectivity index (χ1v) is 8.84. The summed E-state index contributed by atoms with van der Waals surface area (Å²) in [6, 6.07) is 4.93. The predicted molar refractivity (Wildman–Crippen MR) is 95.6 cm³/mol. The number of anilines is 1. The molecule has 2 aromatic rings. The maximum Gasteiger partial charge on any atom is 0.238 e. The van der Waals surface area contributed by atoms with Crippen molar-refractivity contribution in [3.63, 3.8) is 0 Å². The van der Waals surface area contributed by atoms with Crippen molar-refractivity contribution < 1.29 is 4.79 Å². The summed E-state index contributed by atoms with van der Waals surface area (Å²) in [4.78, 5) is 14.2. The molecule has 0 atom stereocenters. The number of amides is 1. The second-order valence-corrected chi connectivity index (χ2v) is 7.08. The van der Waals surface area contributed by atoms with Crippen LogP contribution in [-0.2, 0) is 11.3 Å². The zero-order chi connectivity index (χ0) is 16.8. The summed E-state index contributed by atoms with van der Waals surface area (Å²) in [7, 11) is 0. The number of aromatic nitrogens is 2. The maximum absolute atomic E-state index is 12.3. The average molecular weight is 394 g/mol. The zero-order valence-electron chi connectivity index (χ0n) is 12.4. The smallest absolute Gasteiger partial charge is 0.238 e. The largest absolute Gasteiger partial charge is 0.324 e. The predicted octanol–water partition coefficient (Wildman–Crippen LogP) is 4.35. The van der Waals surface area contributed by atoms with E-state index >= 15 is 0 Å². The highest BCUT2D eigenvalue weighted by Gasteiger charge is 2.15. The lowest BCUT2D eigenvalue weighted by molar-refractivity contribution is -0.117. The minimum atomic E-state index is -0.179. The fourth-order valence-corrected chi connectivity index (χ4v) is 2.97. The van der Waals surface area contributed by atoms with Crippen LogP contribution in [0.25, 0.3) is 0 Å². The second-order valence-electron chi connectivity index (χ2n) is 4.88. The Morgan fingerprint density at radius 3 is 2.78 bits per heavy atom. The van der Waals surface area contributed by atoms with Gasteiger partial charge in [0, 0.05) is 23.1 Å². The van der Waals surface area contributed by atoms with E-state index in [4.69, 9.17) is 34.8 Å². The van der Waals surface area contributed by atoms with Gasteiger partial charge < -0.3 is 5.32 Å². The number of carbonyl (C=O) groups excluding carboxylic acids is 1. The van der Waals surface area contributed by atoms with Crippen LogP contribution in [0.3, 0.4) is 0 Å². The van der Waals surface area contributed by atoms with Crippen molar-refractivity contribution in [2.45, 2.75) is 19.9 Å². The van der Waals surface area contributed by atoms with Crippen molar-refractivity contribution in [2.24, 2.45) is 0 Å². The van der Waals surface area contributed by atoms with Crippen molar-refractivity contribution in [3.8, 4) is 0 Å². The molecule has 0 aliphatic carbocycles. The van der Waals surface area contributed by atoms with Crippen molar-refractivity contribution >= 4 is 57.9 Å². The van der Waals surface area contributed by atoms with Crippen LogP contribution in [0, 0.1) is 0 Å². The molecule has 1 heterocycles. The lowest BCUT2D eigenvalue weighted by atomic mass is 10.3. The van der Waals surface area contributed by atoms with E-state index in [1.165, 1.54) is 0 Å². The van der Waals surface area contributed by atoms with Crippen molar-refractivity contribution in [1.29, 1.82) is 0 Å². The molecular weight excluding hydrogens is 379 g/mol. The second kappa shape index (κ2) is 8.80. The third kappa shape index (κ3) is 5.58. The van der Waals surface area contributed by atoms with E-state index in [-0.39, 0.29) is 12.5 Å². The van der Waals surface area contributed by atoms with E-state index in [0.717, 1.165) is 24.5 Å². The van der Waals surface area contributed by atoms with Crippen molar-refractivity contribution in [3.05, 3.63) is 38.3 Å². The van der Waals surface area contributed by atoms with Gasteiger partial charge in [0.2, 0.25) is 5.91 Å². The molecule has 5 nitrogen and oxygen atoms in total. The molecule has 0 aliphatic rings. The van der Waals surface area contributed by atoms with E-state index in [9.17, 15) is 4.79 Å². The van der Waals surface area contributed by atoms with Gasteiger partial charge in [-0.3, -0.25) is 9.69 Å². The van der Waals surface area contributed by atoms with E-state index < -0.39 is 0 Å². The molecule has 1 amide bonds. The highest BCUT2D eigenvalue weighted by atomic mass is 35.5. The number of hydrogen-bond donors (Lipinski definition) is 1. The Kier molecular flexibility index (Phi) is 7.05. The molecule has 1 aromatic heterocycles. The summed E-state index contributed by atoms with van der Waals surface area (Å²) in [5.74, 6) is -0.179. The van der Waals surface area contributed by atoms with Crippen LogP contribution in [0.5, 0.6) is 0 Å². The maximum atomic E-state index is 12.3. The van der Waals surface area contributed by atoms with E-state index in [1.807, 2.05) is 11.8 Å². The molecule has 23 heavy (non-hydrogen) atoms. The number of halogens is 3. The van der Waals surface area contributed by atoms with Crippen LogP contribution >= 0.6 is 46.3 Å². The van der Waals surface area contributed by atoms with Crippen molar-refractivity contribution in [1.82, 2.24) is 14.5 Å². The highest BCUT2D eigenvalue weighted by molar-refractivity contribution is 7.10. The molecule has 0 spiro atoms. The number of benzene rings is 1. The molecule has 2 rings (SSSR count). The minimum Gasteiger partial charge on any atom is -0.324 e. The molecule has 1 N–H and O–H groups in total. The van der Waals surface area contributed by atoms with Gasteiger partial charge in [0.05, 0.1) is 17.3 Å². The molecule has 0 radical (unpaired) electrons. The fraction of sp³-hybridized carbons (Fsp3) is 0.357. The SMILES string of the molecule is CCCN(CC(=O)Nc1cc(Cl)ccc1Cl)Cc1nnsc1Cl. The summed E-state index contributed by atoms with van der Waals surface area (Å²) in [5.41, 5.74) is 1.17. The Bertz CT molecular complexity index is 680. The quantitative estimate of drug-likeness (QED) is 0.760. The Hall–Kier alpha value is -0.920. The van der Waals surface area contributed by atoms with Gasteiger partial charge in [0.15, 0.2) is 0 Å². The fourth-order valence-electron chi connectivity index (χ4n) is 2.02. The Balaban J connectivity index is 2.00. The molecular formula is C14H15Cl3N4OS. The summed E-state index contributed by atoms with van der Waals surface area (Å²) in [6.45, 7) is 3.45. The van der Waals surface area contributed by atoms with Gasteiger partial charge in [0.25, 0.3) is 0 Å².